The van der Waals surface area contributed by atoms with Gasteiger partial charge in [-0.1, -0.05) is 0 Å². The van der Waals surface area contributed by atoms with Crippen LogP contribution in [-0.2, 0) is 4.79 Å². The van der Waals surface area contributed by atoms with E-state index >= 15 is 0 Å². The highest BCUT2D eigenvalue weighted by Gasteiger charge is 2.28. The summed E-state index contributed by atoms with van der Waals surface area (Å²) in [6.07, 6.45) is 3.23. The Morgan fingerprint density at radius 3 is 3.13 bits per heavy atom. The molecule has 1 aliphatic rings. The van der Waals surface area contributed by atoms with Gasteiger partial charge >= 0.3 is 5.97 Å². The Morgan fingerprint density at radius 1 is 1.43 bits per heavy atom. The molecule has 0 bridgehead atoms. The molecule has 1 saturated heterocycles. The molecule has 1 atom stereocenters. The van der Waals surface area contributed by atoms with E-state index in [-0.39, 0.29) is 5.92 Å². The second-order valence-electron chi connectivity index (χ2n) is 5.87. The number of carbonyl (C=O) groups is 1. The molecule has 2 N–H and O–H groups in total. The maximum Gasteiger partial charge on any atom is 0.308 e. The molecule has 0 saturated carbocycles. The summed E-state index contributed by atoms with van der Waals surface area (Å²) in [4.78, 5) is 25.3. The van der Waals surface area contributed by atoms with Crippen LogP contribution < -0.4 is 4.90 Å². The van der Waals surface area contributed by atoms with E-state index in [4.69, 9.17) is 0 Å². The Balaban J connectivity index is 1.91. The molecular weight excluding hydrogens is 296 g/mol. The van der Waals surface area contributed by atoms with E-state index in [2.05, 4.69) is 25.1 Å². The van der Waals surface area contributed by atoms with Gasteiger partial charge in [0, 0.05) is 24.7 Å². The molecule has 23 heavy (non-hydrogen) atoms. The first-order valence-corrected chi connectivity index (χ1v) is 7.59. The van der Waals surface area contributed by atoms with Gasteiger partial charge in [0.2, 0.25) is 0 Å². The lowest BCUT2D eigenvalue weighted by molar-refractivity contribution is -0.141. The molecular formula is C15H16N6O2. The number of hydrogen-bond donors (Lipinski definition) is 2. The summed E-state index contributed by atoms with van der Waals surface area (Å²) in [7, 11) is 0. The average Bonchev–Trinajstić information content (AvgIpc) is 3.02. The number of hydrogen-bond acceptors (Lipinski definition) is 6. The van der Waals surface area contributed by atoms with Gasteiger partial charge in [-0.05, 0) is 25.8 Å². The monoisotopic (exact) mass is 312 g/mol. The van der Waals surface area contributed by atoms with Crippen LogP contribution in [0.4, 0.5) is 5.82 Å². The van der Waals surface area contributed by atoms with Crippen LogP contribution in [-0.4, -0.2) is 49.3 Å². The van der Waals surface area contributed by atoms with Gasteiger partial charge < -0.3 is 15.0 Å². The van der Waals surface area contributed by atoms with Gasteiger partial charge in [-0.25, -0.2) is 9.97 Å². The number of aryl methyl sites for hydroxylation is 1. The summed E-state index contributed by atoms with van der Waals surface area (Å²) in [5.41, 5.74) is 1.22. The summed E-state index contributed by atoms with van der Waals surface area (Å²) < 4.78 is 0. The number of piperidine rings is 1. The molecule has 0 amide bonds. The van der Waals surface area contributed by atoms with Crippen molar-refractivity contribution in [1.82, 2.24) is 25.1 Å². The van der Waals surface area contributed by atoms with Gasteiger partial charge in [-0.15, -0.1) is 10.2 Å². The highest BCUT2D eigenvalue weighted by molar-refractivity contribution is 6.07. The van der Waals surface area contributed by atoms with Crippen molar-refractivity contribution < 1.29 is 9.90 Å². The van der Waals surface area contributed by atoms with Crippen LogP contribution >= 0.6 is 0 Å². The molecule has 1 fully saturated rings. The molecule has 4 heterocycles. The van der Waals surface area contributed by atoms with Gasteiger partial charge in [0.1, 0.15) is 11.6 Å². The van der Waals surface area contributed by atoms with Crippen LogP contribution in [0.15, 0.2) is 12.3 Å². The molecule has 0 spiro atoms. The van der Waals surface area contributed by atoms with Gasteiger partial charge in [-0.3, -0.25) is 4.79 Å². The minimum absolute atomic E-state index is 0.367. The predicted molar refractivity (Wildman–Crippen MR) is 84.3 cm³/mol. The zero-order valence-electron chi connectivity index (χ0n) is 12.7. The number of carboxylic acid groups (broad SMARTS) is 1. The SMILES string of the molecule is Cc1nc(N2CCCC(C(=O)O)C2)c2c(nnc3nccc32)[nH]1. The lowest BCUT2D eigenvalue weighted by atomic mass is 9.98. The Hall–Kier alpha value is -2.77. The van der Waals surface area contributed by atoms with E-state index < -0.39 is 5.97 Å². The maximum absolute atomic E-state index is 11.3. The third-order valence-corrected chi connectivity index (χ3v) is 4.30. The molecule has 8 nitrogen and oxygen atoms in total. The molecule has 0 aromatic carbocycles. The zero-order valence-corrected chi connectivity index (χ0v) is 12.7. The van der Waals surface area contributed by atoms with Crippen molar-refractivity contribution in [2.45, 2.75) is 19.8 Å². The second-order valence-corrected chi connectivity index (χ2v) is 5.87. The van der Waals surface area contributed by atoms with E-state index in [1.165, 1.54) is 0 Å². The number of anilines is 1. The summed E-state index contributed by atoms with van der Waals surface area (Å²) in [6.45, 7) is 3.10. The number of carboxylic acids is 1. The number of aliphatic carboxylic acids is 1. The van der Waals surface area contributed by atoms with Gasteiger partial charge in [0.05, 0.1) is 11.3 Å². The fourth-order valence-corrected chi connectivity index (χ4v) is 3.20. The van der Waals surface area contributed by atoms with E-state index in [0.29, 0.717) is 24.3 Å². The Bertz CT molecular complexity index is 906. The molecule has 0 aliphatic carbocycles. The fraction of sp³-hybridized carbons (Fsp3) is 0.400. The minimum Gasteiger partial charge on any atom is -0.481 e. The Morgan fingerprint density at radius 2 is 2.30 bits per heavy atom. The van der Waals surface area contributed by atoms with Crippen LogP contribution in [0.1, 0.15) is 18.7 Å². The Labute approximate surface area is 131 Å². The number of fused-ring (bicyclic) bond motifs is 3. The number of nitrogens with one attached hydrogen (secondary N) is 1. The zero-order chi connectivity index (χ0) is 16.0. The standard InChI is InChI=1S/C15H16N6O2/c1-8-17-13-11(10-4-5-16-12(10)19-20-13)14(18-8)21-6-2-3-9(7-21)15(22)23/h4-5,9H,2-3,6-7H2,1H3,(H,22,23)(H,17,18,20). The first-order valence-electron chi connectivity index (χ1n) is 7.59. The molecule has 4 rings (SSSR count). The molecule has 1 unspecified atom stereocenters. The topological polar surface area (TPSA) is 108 Å². The van der Waals surface area contributed by atoms with Crippen molar-refractivity contribution in [3.63, 3.8) is 0 Å². The van der Waals surface area contributed by atoms with Crippen LogP contribution in [0.3, 0.4) is 0 Å². The number of nitrogens with zero attached hydrogens (tertiary/aromatic N) is 5. The lowest BCUT2D eigenvalue weighted by Gasteiger charge is -2.32. The first kappa shape index (κ1) is 13.9. The third kappa shape index (κ3) is 2.26. The highest BCUT2D eigenvalue weighted by Crippen LogP contribution is 2.31. The number of aromatic amines is 1. The first-order chi connectivity index (χ1) is 11.1. The number of aromatic nitrogens is 5. The van der Waals surface area contributed by atoms with Crippen molar-refractivity contribution in [2.75, 3.05) is 18.0 Å². The largest absolute Gasteiger partial charge is 0.481 e. The number of rotatable bonds is 2. The fourth-order valence-electron chi connectivity index (χ4n) is 3.20. The highest BCUT2D eigenvalue weighted by atomic mass is 16.4. The number of H-pyrrole nitrogens is 1. The smallest absolute Gasteiger partial charge is 0.308 e. The average molecular weight is 312 g/mol. The van der Waals surface area contributed by atoms with E-state index in [1.807, 2.05) is 17.9 Å². The van der Waals surface area contributed by atoms with Crippen LogP contribution in [0.5, 0.6) is 0 Å². The van der Waals surface area contributed by atoms with E-state index in [0.717, 1.165) is 35.4 Å². The van der Waals surface area contributed by atoms with Gasteiger partial charge in [0.25, 0.3) is 0 Å². The second kappa shape index (κ2) is 5.15. The molecule has 8 heteroatoms. The predicted octanol–water partition coefficient (Wildman–Crippen LogP) is 1.51. The Kier molecular flexibility index (Phi) is 3.10. The van der Waals surface area contributed by atoms with Crippen molar-refractivity contribution >= 4 is 33.9 Å². The summed E-state index contributed by atoms with van der Waals surface area (Å²) in [5, 5.41) is 19.4. The van der Waals surface area contributed by atoms with Crippen LogP contribution in [0, 0.1) is 12.8 Å². The van der Waals surface area contributed by atoms with Crippen LogP contribution in [0.25, 0.3) is 22.1 Å². The molecule has 118 valence electrons. The molecule has 0 radical (unpaired) electrons. The van der Waals surface area contributed by atoms with E-state index in [1.54, 1.807) is 6.20 Å². The van der Waals surface area contributed by atoms with E-state index in [9.17, 15) is 9.90 Å². The third-order valence-electron chi connectivity index (χ3n) is 4.30. The summed E-state index contributed by atoms with van der Waals surface area (Å²) in [5.74, 6) is 0.361. The van der Waals surface area contributed by atoms with Crippen molar-refractivity contribution in [3.05, 3.63) is 18.1 Å². The minimum atomic E-state index is -0.752. The van der Waals surface area contributed by atoms with Crippen molar-refractivity contribution in [2.24, 2.45) is 5.92 Å². The van der Waals surface area contributed by atoms with Gasteiger partial charge in [0.15, 0.2) is 11.3 Å². The van der Waals surface area contributed by atoms with Crippen LogP contribution in [0.2, 0.25) is 0 Å². The quantitative estimate of drug-likeness (QED) is 0.738. The molecule has 1 aliphatic heterocycles. The maximum atomic E-state index is 11.3. The van der Waals surface area contributed by atoms with Crippen molar-refractivity contribution in [3.8, 4) is 0 Å². The van der Waals surface area contributed by atoms with Gasteiger partial charge in [-0.2, -0.15) is 0 Å². The normalized spacial score (nSPS) is 18.7. The summed E-state index contributed by atoms with van der Waals surface area (Å²) in [6, 6.07) is 1.89. The summed E-state index contributed by atoms with van der Waals surface area (Å²) >= 11 is 0. The molecule has 3 aromatic rings. The lowest BCUT2D eigenvalue weighted by Crippen LogP contribution is -2.39. The molecule has 3 aromatic heterocycles. The van der Waals surface area contributed by atoms with Crippen molar-refractivity contribution in [1.29, 1.82) is 0 Å².